The fourth-order valence-corrected chi connectivity index (χ4v) is 5.52. The lowest BCUT2D eigenvalue weighted by Gasteiger charge is -2.32. The smallest absolute Gasteiger partial charge is 0.231 e. The summed E-state index contributed by atoms with van der Waals surface area (Å²) in [5.41, 5.74) is -0.578. The molecule has 12 nitrogen and oxygen atoms in total. The Balaban J connectivity index is -0.00000264. The third-order valence-corrected chi connectivity index (χ3v) is 7.43. The molecule has 0 saturated heterocycles. The standard InChI is InChI=1S/C29H24O12.8H2/c30-11-3-17(32)15-8-21(36)28(40-23(15)5-11)10-1-13-14(7-20(35)27(39)25(13)26(38)19(34)2-10)29-22(37)9-16-18(33)4-12(31)6-24(16)41-29;;;;;;;;/h1-7,21-22,28-33,35-37,39H,8-9H2,(H,34,38);8*1H/t21?,22-,28+,29-;;;;;;;;/m0......../s1. The summed E-state index contributed by atoms with van der Waals surface area (Å²) in [5, 5.41) is 93.5. The van der Waals surface area contributed by atoms with E-state index in [0.717, 1.165) is 24.3 Å². The van der Waals surface area contributed by atoms with Crippen LogP contribution in [-0.4, -0.2) is 58.2 Å². The number of rotatable bonds is 2. The number of aliphatic hydroxyl groups is 2. The van der Waals surface area contributed by atoms with Crippen molar-refractivity contribution in [2.75, 3.05) is 0 Å². The summed E-state index contributed by atoms with van der Waals surface area (Å²) in [6.45, 7) is 0. The van der Waals surface area contributed by atoms with Gasteiger partial charge in [-0.05, 0) is 29.1 Å². The van der Waals surface area contributed by atoms with Crippen LogP contribution in [0.2, 0.25) is 0 Å². The number of phenolic OH excluding ortho intramolecular Hbond substituents is 6. The lowest BCUT2D eigenvalue weighted by molar-refractivity contribution is 0.0193. The van der Waals surface area contributed by atoms with Crippen LogP contribution in [0.3, 0.4) is 0 Å². The van der Waals surface area contributed by atoms with E-state index in [2.05, 4.69) is 0 Å². The molecular weight excluding hydrogens is 540 g/mol. The van der Waals surface area contributed by atoms with Gasteiger partial charge in [-0.1, -0.05) is 0 Å². The summed E-state index contributed by atoms with van der Waals surface area (Å²) in [5.74, 6) is -3.57. The Hall–Kier alpha value is -5.07. The second-order valence-corrected chi connectivity index (χ2v) is 10.1. The third-order valence-electron chi connectivity index (χ3n) is 7.43. The first-order valence-electron chi connectivity index (χ1n) is 12.5. The summed E-state index contributed by atoms with van der Waals surface area (Å²) in [6, 6.07) is 8.05. The highest BCUT2D eigenvalue weighted by molar-refractivity contribution is 5.94. The molecule has 228 valence electrons. The van der Waals surface area contributed by atoms with Gasteiger partial charge in [0.2, 0.25) is 5.43 Å². The first-order chi connectivity index (χ1) is 19.4. The number of benzene rings is 3. The number of phenols is 6. The summed E-state index contributed by atoms with van der Waals surface area (Å²) in [7, 11) is 0. The first kappa shape index (κ1) is 26.2. The van der Waals surface area contributed by atoms with E-state index in [0.29, 0.717) is 0 Å². The topological polar surface area (TPSA) is 218 Å². The molecule has 4 aromatic carbocycles. The molecule has 0 fully saturated rings. The van der Waals surface area contributed by atoms with Crippen molar-refractivity contribution in [3.05, 3.63) is 74.9 Å². The van der Waals surface area contributed by atoms with Crippen LogP contribution in [0.25, 0.3) is 10.8 Å². The van der Waals surface area contributed by atoms with Crippen LogP contribution in [0.1, 0.15) is 45.9 Å². The number of ether oxygens (including phenoxy) is 2. The molecule has 4 atom stereocenters. The fraction of sp³-hybridized carbons (Fsp3) is 0.207. The second-order valence-electron chi connectivity index (χ2n) is 10.1. The van der Waals surface area contributed by atoms with Crippen LogP contribution in [0.5, 0.6) is 51.7 Å². The molecule has 6 rings (SSSR count). The summed E-state index contributed by atoms with van der Waals surface area (Å²) >= 11 is 0. The van der Waals surface area contributed by atoms with Crippen molar-refractivity contribution < 1.29 is 66.8 Å². The molecular formula is C29H40O12. The fourth-order valence-electron chi connectivity index (χ4n) is 5.52. The molecule has 4 aromatic rings. The first-order valence-corrected chi connectivity index (χ1v) is 12.5. The van der Waals surface area contributed by atoms with Gasteiger partial charge in [-0.15, -0.1) is 0 Å². The maximum atomic E-state index is 13.2. The molecule has 2 aliphatic heterocycles. The Morgan fingerprint density at radius 3 is 1.76 bits per heavy atom. The van der Waals surface area contributed by atoms with Gasteiger partial charge in [-0.3, -0.25) is 4.79 Å². The van der Waals surface area contributed by atoms with Gasteiger partial charge in [-0.25, -0.2) is 0 Å². The Labute approximate surface area is 242 Å². The van der Waals surface area contributed by atoms with Gasteiger partial charge in [0, 0.05) is 65.2 Å². The van der Waals surface area contributed by atoms with Gasteiger partial charge in [0.15, 0.2) is 23.4 Å². The van der Waals surface area contributed by atoms with Crippen molar-refractivity contribution in [3.63, 3.8) is 0 Å². The number of hydrogen-bond donors (Lipinski definition) is 9. The minimum atomic E-state index is -1.34. The quantitative estimate of drug-likeness (QED) is 0.153. The Morgan fingerprint density at radius 2 is 1.17 bits per heavy atom. The van der Waals surface area contributed by atoms with E-state index in [-0.39, 0.29) is 86.4 Å². The second kappa shape index (κ2) is 9.25. The van der Waals surface area contributed by atoms with Crippen molar-refractivity contribution in [1.82, 2.24) is 0 Å². The normalized spacial score (nSPS) is 21.4. The molecule has 0 aromatic heterocycles. The monoisotopic (exact) mass is 580 g/mol. The van der Waals surface area contributed by atoms with Gasteiger partial charge in [0.05, 0.1) is 17.6 Å². The van der Waals surface area contributed by atoms with E-state index in [9.17, 15) is 50.8 Å². The molecule has 12 heteroatoms. The zero-order valence-corrected chi connectivity index (χ0v) is 21.0. The third kappa shape index (κ3) is 4.20. The number of hydrogen-bond acceptors (Lipinski definition) is 12. The predicted octanol–water partition coefficient (Wildman–Crippen LogP) is 4.18. The molecule has 0 spiro atoms. The van der Waals surface area contributed by atoms with E-state index in [1.54, 1.807) is 0 Å². The van der Waals surface area contributed by atoms with Crippen molar-refractivity contribution in [3.8, 4) is 51.7 Å². The maximum Gasteiger partial charge on any atom is 0.231 e. The van der Waals surface area contributed by atoms with Gasteiger partial charge >= 0.3 is 0 Å². The van der Waals surface area contributed by atoms with Gasteiger partial charge in [0.25, 0.3) is 0 Å². The maximum absolute atomic E-state index is 13.2. The summed E-state index contributed by atoms with van der Waals surface area (Å²) in [6.07, 6.45) is -5.40. The number of fused-ring (bicyclic) bond motifs is 3. The van der Waals surface area contributed by atoms with E-state index >= 15 is 0 Å². The number of aliphatic hydroxyl groups excluding tert-OH is 2. The molecule has 1 unspecified atom stereocenters. The lowest BCUT2D eigenvalue weighted by Crippen LogP contribution is -2.31. The Kier molecular flexibility index (Phi) is 5.90. The molecule has 0 radical (unpaired) electrons. The molecule has 0 aliphatic carbocycles. The Morgan fingerprint density at radius 1 is 0.634 bits per heavy atom. The van der Waals surface area contributed by atoms with Gasteiger partial charge in [0.1, 0.15) is 40.6 Å². The molecule has 2 aliphatic rings. The zero-order valence-electron chi connectivity index (χ0n) is 21.0. The van der Waals surface area contributed by atoms with Crippen LogP contribution in [0.15, 0.2) is 47.3 Å². The van der Waals surface area contributed by atoms with Crippen molar-refractivity contribution in [2.45, 2.75) is 37.3 Å². The minimum absolute atomic E-state index is 0. The SMILES string of the molecule is O=c1c(O)cc([C@H]2Oc3cc(O)cc(O)c3CC2O)cc2c([C@@H]3Oc4cc(O)cc(O)c4C[C@@H]3O)cc(O)c(O)c12.[HH].[HH].[HH].[HH].[HH].[HH].[HH].[HH]. The van der Waals surface area contributed by atoms with Crippen LogP contribution in [-0.2, 0) is 12.8 Å². The average molecular weight is 581 g/mol. The van der Waals surface area contributed by atoms with Crippen LogP contribution in [0, 0.1) is 0 Å². The largest absolute Gasteiger partial charge is 0.508 e. The predicted molar refractivity (Wildman–Crippen MR) is 158 cm³/mol. The van der Waals surface area contributed by atoms with Gasteiger partial charge in [-0.2, -0.15) is 0 Å². The Bertz CT molecular complexity index is 1830. The summed E-state index contributed by atoms with van der Waals surface area (Å²) < 4.78 is 11.8. The highest BCUT2D eigenvalue weighted by atomic mass is 16.5. The van der Waals surface area contributed by atoms with Gasteiger partial charge < -0.3 is 55.4 Å². The van der Waals surface area contributed by atoms with Crippen LogP contribution < -0.4 is 14.9 Å². The molecule has 41 heavy (non-hydrogen) atoms. The average Bonchev–Trinajstić information content (AvgIpc) is 3.03. The number of aromatic hydroxyl groups is 7. The van der Waals surface area contributed by atoms with E-state index in [4.69, 9.17) is 9.47 Å². The van der Waals surface area contributed by atoms with Crippen molar-refractivity contribution in [1.29, 1.82) is 0 Å². The molecule has 0 saturated carbocycles. The molecule has 0 amide bonds. The lowest BCUT2D eigenvalue weighted by atomic mass is 9.90. The molecule has 0 bridgehead atoms. The molecule has 9 N–H and O–H groups in total. The zero-order chi connectivity index (χ0) is 29.3. The van der Waals surface area contributed by atoms with Crippen LogP contribution in [0.4, 0.5) is 0 Å². The van der Waals surface area contributed by atoms with E-state index in [1.165, 1.54) is 18.2 Å². The van der Waals surface area contributed by atoms with E-state index < -0.39 is 52.5 Å². The van der Waals surface area contributed by atoms with E-state index in [1.807, 2.05) is 0 Å². The van der Waals surface area contributed by atoms with Crippen molar-refractivity contribution >= 4 is 10.8 Å². The minimum Gasteiger partial charge on any atom is -0.508 e. The highest BCUT2D eigenvalue weighted by Crippen LogP contribution is 2.47. The summed E-state index contributed by atoms with van der Waals surface area (Å²) in [4.78, 5) is 13.2. The van der Waals surface area contributed by atoms with Crippen molar-refractivity contribution in [2.24, 2.45) is 0 Å². The van der Waals surface area contributed by atoms with Crippen LogP contribution >= 0.6 is 0 Å². The molecule has 2 heterocycles. The highest BCUT2D eigenvalue weighted by Gasteiger charge is 2.36.